The maximum Gasteiger partial charge on any atom is 0.328 e. The van der Waals surface area contributed by atoms with Crippen molar-refractivity contribution in [3.05, 3.63) is 12.3 Å². The molecule has 4 nitrogen and oxygen atoms in total. The molecule has 88 valence electrons. The van der Waals surface area contributed by atoms with Gasteiger partial charge in [-0.05, 0) is 34.6 Å². The lowest BCUT2D eigenvalue weighted by Gasteiger charge is -2.24. The lowest BCUT2D eigenvalue weighted by Crippen LogP contribution is -2.41. The first-order chi connectivity index (χ1) is 6.63. The molecule has 15 heavy (non-hydrogen) atoms. The molecule has 0 aliphatic heterocycles. The Hall–Kier alpha value is -1.03. The lowest BCUT2D eigenvalue weighted by atomic mass is 10.2. The number of nitrogens with two attached hydrogens (primary N) is 1. The van der Waals surface area contributed by atoms with Crippen molar-refractivity contribution in [2.45, 2.75) is 52.3 Å². The van der Waals surface area contributed by atoms with Crippen LogP contribution in [0.3, 0.4) is 0 Å². The van der Waals surface area contributed by atoms with E-state index >= 15 is 0 Å². The second kappa shape index (κ2) is 5.16. The molecule has 0 aliphatic carbocycles. The van der Waals surface area contributed by atoms with Crippen LogP contribution >= 0.6 is 0 Å². The summed E-state index contributed by atoms with van der Waals surface area (Å²) in [4.78, 5) is 11.6. The summed E-state index contributed by atoms with van der Waals surface area (Å²) < 4.78 is 5.20. The minimum atomic E-state index is -0.470. The molecule has 2 atom stereocenters. The Labute approximate surface area is 91.9 Å². The highest BCUT2D eigenvalue weighted by Gasteiger charge is 2.22. The van der Waals surface area contributed by atoms with Gasteiger partial charge in [0, 0.05) is 11.7 Å². The van der Waals surface area contributed by atoms with Gasteiger partial charge in [0.05, 0.1) is 0 Å². The Morgan fingerprint density at radius 3 is 2.20 bits per heavy atom. The van der Waals surface area contributed by atoms with Gasteiger partial charge in [-0.25, -0.2) is 4.79 Å². The molecule has 0 spiro atoms. The van der Waals surface area contributed by atoms with Gasteiger partial charge in [-0.3, -0.25) is 0 Å². The van der Waals surface area contributed by atoms with E-state index in [2.05, 4.69) is 11.9 Å². The topological polar surface area (TPSA) is 64.3 Å². The molecule has 0 aromatic rings. The van der Waals surface area contributed by atoms with E-state index in [-0.39, 0.29) is 12.0 Å². The molecule has 0 fully saturated rings. The van der Waals surface area contributed by atoms with Crippen LogP contribution in [0.2, 0.25) is 0 Å². The molecular weight excluding hydrogens is 192 g/mol. The number of carbonyl (C=O) groups excluding carboxylic acids is 1. The van der Waals surface area contributed by atoms with E-state index in [1.54, 1.807) is 13.8 Å². The van der Waals surface area contributed by atoms with Crippen molar-refractivity contribution < 1.29 is 9.53 Å². The van der Waals surface area contributed by atoms with E-state index in [0.29, 0.717) is 5.70 Å². The van der Waals surface area contributed by atoms with Crippen LogP contribution in [-0.4, -0.2) is 23.7 Å². The van der Waals surface area contributed by atoms with Crippen molar-refractivity contribution in [3.8, 4) is 0 Å². The Morgan fingerprint density at radius 1 is 1.40 bits per heavy atom. The molecule has 0 saturated carbocycles. The van der Waals surface area contributed by atoms with Gasteiger partial charge in [0.2, 0.25) is 0 Å². The molecule has 4 heteroatoms. The number of nitrogens with one attached hydrogen (secondary N) is 1. The number of hydrogen-bond acceptors (Lipinski definition) is 4. The monoisotopic (exact) mass is 214 g/mol. The molecule has 0 aromatic heterocycles. The van der Waals surface area contributed by atoms with Crippen LogP contribution in [-0.2, 0) is 9.53 Å². The molecule has 0 radical (unpaired) electrons. The van der Waals surface area contributed by atoms with Crippen LogP contribution in [0.1, 0.15) is 34.6 Å². The number of hydrogen-bond donors (Lipinski definition) is 2. The first-order valence-electron chi connectivity index (χ1n) is 5.07. The predicted molar refractivity (Wildman–Crippen MR) is 61.2 cm³/mol. The summed E-state index contributed by atoms with van der Waals surface area (Å²) in [6.07, 6.45) is 0. The fourth-order valence-corrected chi connectivity index (χ4v) is 0.859. The molecular formula is C11H22N2O2. The van der Waals surface area contributed by atoms with E-state index in [4.69, 9.17) is 10.5 Å². The van der Waals surface area contributed by atoms with Gasteiger partial charge in [-0.15, -0.1) is 0 Å². The van der Waals surface area contributed by atoms with E-state index in [1.807, 2.05) is 20.8 Å². The summed E-state index contributed by atoms with van der Waals surface area (Å²) >= 11 is 0. The minimum Gasteiger partial charge on any atom is -0.458 e. The average molecular weight is 214 g/mol. The van der Waals surface area contributed by atoms with Crippen LogP contribution in [0.4, 0.5) is 0 Å². The van der Waals surface area contributed by atoms with Crippen molar-refractivity contribution in [1.29, 1.82) is 0 Å². The maximum absolute atomic E-state index is 11.6. The van der Waals surface area contributed by atoms with E-state index in [9.17, 15) is 4.79 Å². The van der Waals surface area contributed by atoms with E-state index in [0.717, 1.165) is 0 Å². The summed E-state index contributed by atoms with van der Waals surface area (Å²) in [5, 5.41) is 2.91. The zero-order valence-electron chi connectivity index (χ0n) is 10.3. The zero-order valence-corrected chi connectivity index (χ0v) is 10.3. The Morgan fingerprint density at radius 2 is 1.87 bits per heavy atom. The molecule has 0 saturated heterocycles. The average Bonchev–Trinajstić information content (AvgIpc) is 2.00. The molecule has 0 aromatic carbocycles. The highest BCUT2D eigenvalue weighted by Crippen LogP contribution is 2.08. The SMILES string of the molecule is C=C(NC(C)C(=O)OC(C)(C)C)C(C)N. The standard InChI is InChI=1S/C11H22N2O2/c1-7(12)8(2)13-9(3)10(14)15-11(4,5)6/h7,9,13H,2,12H2,1,3-6H3. The van der Waals surface area contributed by atoms with Gasteiger partial charge in [0.25, 0.3) is 0 Å². The number of ether oxygens (including phenoxy) is 1. The third-order valence-electron chi connectivity index (χ3n) is 1.71. The maximum atomic E-state index is 11.6. The number of rotatable bonds is 4. The highest BCUT2D eigenvalue weighted by atomic mass is 16.6. The molecule has 0 amide bonds. The lowest BCUT2D eigenvalue weighted by molar-refractivity contribution is -0.156. The third-order valence-corrected chi connectivity index (χ3v) is 1.71. The van der Waals surface area contributed by atoms with Crippen molar-refractivity contribution in [1.82, 2.24) is 5.32 Å². The predicted octanol–water partition coefficient (Wildman–Crippen LogP) is 1.17. The van der Waals surface area contributed by atoms with Crippen molar-refractivity contribution in [2.24, 2.45) is 5.73 Å². The zero-order chi connectivity index (χ0) is 12.2. The number of esters is 1. The van der Waals surface area contributed by atoms with Gasteiger partial charge < -0.3 is 15.8 Å². The van der Waals surface area contributed by atoms with Crippen LogP contribution in [0, 0.1) is 0 Å². The molecule has 2 unspecified atom stereocenters. The first-order valence-corrected chi connectivity index (χ1v) is 5.07. The summed E-state index contributed by atoms with van der Waals surface area (Å²) in [6, 6.07) is -0.613. The van der Waals surface area contributed by atoms with Crippen molar-refractivity contribution in [3.63, 3.8) is 0 Å². The quantitative estimate of drug-likeness (QED) is 0.689. The Balaban J connectivity index is 4.17. The van der Waals surface area contributed by atoms with E-state index < -0.39 is 11.6 Å². The van der Waals surface area contributed by atoms with Gasteiger partial charge in [-0.1, -0.05) is 6.58 Å². The summed E-state index contributed by atoms with van der Waals surface area (Å²) in [6.45, 7) is 12.7. The Kier molecular flexibility index (Phi) is 4.81. The highest BCUT2D eigenvalue weighted by molar-refractivity contribution is 5.76. The van der Waals surface area contributed by atoms with Gasteiger partial charge in [0.15, 0.2) is 0 Å². The minimum absolute atomic E-state index is 0.185. The van der Waals surface area contributed by atoms with Crippen LogP contribution in [0.25, 0.3) is 0 Å². The summed E-state index contributed by atoms with van der Waals surface area (Å²) in [7, 11) is 0. The van der Waals surface area contributed by atoms with Gasteiger partial charge in [-0.2, -0.15) is 0 Å². The van der Waals surface area contributed by atoms with Crippen LogP contribution < -0.4 is 11.1 Å². The molecule has 0 rings (SSSR count). The molecule has 0 aliphatic rings. The summed E-state index contributed by atoms with van der Waals surface area (Å²) in [5.41, 5.74) is 5.76. The molecule has 0 bridgehead atoms. The second-order valence-corrected chi connectivity index (χ2v) is 4.71. The first kappa shape index (κ1) is 14.0. The fourth-order valence-electron chi connectivity index (χ4n) is 0.859. The van der Waals surface area contributed by atoms with Gasteiger partial charge in [0.1, 0.15) is 11.6 Å². The molecule has 3 N–H and O–H groups in total. The second-order valence-electron chi connectivity index (χ2n) is 4.71. The van der Waals surface area contributed by atoms with Crippen LogP contribution in [0.5, 0.6) is 0 Å². The van der Waals surface area contributed by atoms with Crippen LogP contribution in [0.15, 0.2) is 12.3 Å². The summed E-state index contributed by atoms with van der Waals surface area (Å²) in [5.74, 6) is -0.302. The smallest absolute Gasteiger partial charge is 0.328 e. The normalized spacial score (nSPS) is 15.3. The van der Waals surface area contributed by atoms with Crippen molar-refractivity contribution >= 4 is 5.97 Å². The largest absolute Gasteiger partial charge is 0.458 e. The van der Waals surface area contributed by atoms with E-state index in [1.165, 1.54) is 0 Å². The van der Waals surface area contributed by atoms with Crippen molar-refractivity contribution in [2.75, 3.05) is 0 Å². The molecule has 0 heterocycles. The Bertz CT molecular complexity index is 241. The fraction of sp³-hybridized carbons (Fsp3) is 0.727. The number of carbonyl (C=O) groups is 1. The van der Waals surface area contributed by atoms with Gasteiger partial charge >= 0.3 is 5.97 Å². The third kappa shape index (κ3) is 6.12.